The zero-order valence-electron chi connectivity index (χ0n) is 33.9. The van der Waals surface area contributed by atoms with Crippen molar-refractivity contribution in [1.29, 1.82) is 0 Å². The molecule has 0 spiro atoms. The normalized spacial score (nSPS) is 11.2. The Kier molecular flexibility index (Phi) is 9.53. The summed E-state index contributed by atoms with van der Waals surface area (Å²) in [6.07, 6.45) is 0. The van der Waals surface area contributed by atoms with Crippen molar-refractivity contribution >= 4 is 21.7 Å². The van der Waals surface area contributed by atoms with Gasteiger partial charge in [0.05, 0.1) is 22.6 Å². The van der Waals surface area contributed by atoms with E-state index in [4.69, 9.17) is 15.0 Å². The first kappa shape index (κ1) is 36.8. The van der Waals surface area contributed by atoms with Crippen molar-refractivity contribution in [3.63, 3.8) is 0 Å². The van der Waals surface area contributed by atoms with Crippen molar-refractivity contribution in [2.45, 2.75) is 0 Å². The first-order valence-corrected chi connectivity index (χ1v) is 21.0. The van der Waals surface area contributed by atoms with Crippen LogP contribution in [0.2, 0.25) is 0 Å². The molecule has 3 nitrogen and oxygen atoms in total. The van der Waals surface area contributed by atoms with Crippen molar-refractivity contribution < 1.29 is 0 Å². The molecule has 0 radical (unpaired) electrons. The highest BCUT2D eigenvalue weighted by atomic mass is 14.9. The Morgan fingerprint density at radius 2 is 0.661 bits per heavy atom. The number of pyridine rings is 1. The number of aromatic nitrogens is 3. The number of benzene rings is 9. The van der Waals surface area contributed by atoms with Gasteiger partial charge in [-0.2, -0.15) is 0 Å². The lowest BCUT2D eigenvalue weighted by atomic mass is 9.93. The van der Waals surface area contributed by atoms with Gasteiger partial charge >= 0.3 is 0 Å². The van der Waals surface area contributed by atoms with E-state index in [1.165, 1.54) is 38.8 Å². The van der Waals surface area contributed by atoms with Crippen LogP contribution < -0.4 is 0 Å². The van der Waals surface area contributed by atoms with E-state index in [1.54, 1.807) is 0 Å². The van der Waals surface area contributed by atoms with E-state index in [-0.39, 0.29) is 0 Å². The van der Waals surface area contributed by atoms with E-state index >= 15 is 0 Å². The van der Waals surface area contributed by atoms with E-state index in [0.717, 1.165) is 66.8 Å². The van der Waals surface area contributed by atoms with Crippen LogP contribution in [-0.2, 0) is 0 Å². The average molecular weight is 790 g/mol. The Morgan fingerprint density at radius 3 is 1.24 bits per heavy atom. The first-order chi connectivity index (χ1) is 30.7. The van der Waals surface area contributed by atoms with E-state index in [2.05, 4.69) is 218 Å². The van der Waals surface area contributed by atoms with E-state index in [0.29, 0.717) is 5.82 Å². The van der Waals surface area contributed by atoms with Gasteiger partial charge in [-0.15, -0.1) is 0 Å². The molecule has 0 N–H and O–H groups in total. The van der Waals surface area contributed by atoms with Gasteiger partial charge in [0.15, 0.2) is 5.82 Å². The summed E-state index contributed by atoms with van der Waals surface area (Å²) < 4.78 is 0. The highest BCUT2D eigenvalue weighted by Gasteiger charge is 2.16. The van der Waals surface area contributed by atoms with Crippen LogP contribution in [0.3, 0.4) is 0 Å². The molecule has 0 fully saturated rings. The second-order valence-electron chi connectivity index (χ2n) is 15.6. The average Bonchev–Trinajstić information content (AvgIpc) is 3.37. The molecule has 11 rings (SSSR count). The lowest BCUT2D eigenvalue weighted by molar-refractivity contribution is 1.18. The number of hydrogen-bond donors (Lipinski definition) is 0. The second-order valence-corrected chi connectivity index (χ2v) is 15.6. The van der Waals surface area contributed by atoms with Crippen molar-refractivity contribution in [2.75, 3.05) is 0 Å². The van der Waals surface area contributed by atoms with Gasteiger partial charge in [0.25, 0.3) is 0 Å². The van der Waals surface area contributed by atoms with Crippen LogP contribution in [0.4, 0.5) is 0 Å². The lowest BCUT2D eigenvalue weighted by Gasteiger charge is -2.14. The van der Waals surface area contributed by atoms with Gasteiger partial charge in [0.2, 0.25) is 0 Å². The van der Waals surface area contributed by atoms with Gasteiger partial charge in [0.1, 0.15) is 0 Å². The first-order valence-electron chi connectivity index (χ1n) is 21.0. The third-order valence-corrected chi connectivity index (χ3v) is 11.7. The highest BCUT2D eigenvalue weighted by molar-refractivity contribution is 6.14. The Bertz CT molecular complexity index is 3250. The maximum atomic E-state index is 5.24. The summed E-state index contributed by atoms with van der Waals surface area (Å²) >= 11 is 0. The SMILES string of the molecule is c1ccc(-c2ccc(-c3cc(-c4ccc(-c5ccccc5)cc4)nc(-c4cccc(-c5ccc6c(ccc7nc(-c8ccccc8)cc(-c8ccccc8)c76)c5)c4)n3)cc2)cc1. The van der Waals surface area contributed by atoms with E-state index < -0.39 is 0 Å². The number of rotatable bonds is 8. The summed E-state index contributed by atoms with van der Waals surface area (Å²) in [4.78, 5) is 15.7. The quantitative estimate of drug-likeness (QED) is 0.144. The van der Waals surface area contributed by atoms with Crippen molar-refractivity contribution in [3.8, 4) is 89.7 Å². The number of hydrogen-bond acceptors (Lipinski definition) is 3. The fourth-order valence-electron chi connectivity index (χ4n) is 8.49. The van der Waals surface area contributed by atoms with Crippen LogP contribution >= 0.6 is 0 Å². The molecule has 0 saturated heterocycles. The molecule has 62 heavy (non-hydrogen) atoms. The Balaban J connectivity index is 0.997. The van der Waals surface area contributed by atoms with Crippen molar-refractivity contribution in [2.24, 2.45) is 0 Å². The topological polar surface area (TPSA) is 38.7 Å². The van der Waals surface area contributed by atoms with Crippen LogP contribution in [-0.4, -0.2) is 15.0 Å². The molecular formula is C59H39N3. The molecule has 0 saturated carbocycles. The molecule has 0 aliphatic rings. The second kappa shape index (κ2) is 16.1. The third-order valence-electron chi connectivity index (χ3n) is 11.7. The van der Waals surface area contributed by atoms with Crippen molar-refractivity contribution in [3.05, 3.63) is 237 Å². The lowest BCUT2D eigenvalue weighted by Crippen LogP contribution is -1.96. The van der Waals surface area contributed by atoms with Crippen LogP contribution in [0.1, 0.15) is 0 Å². The zero-order chi connectivity index (χ0) is 41.2. The summed E-state index contributed by atoms with van der Waals surface area (Å²) in [6, 6.07) is 83.4. The predicted molar refractivity (Wildman–Crippen MR) is 258 cm³/mol. The van der Waals surface area contributed by atoms with Gasteiger partial charge in [-0.1, -0.05) is 206 Å². The van der Waals surface area contributed by atoms with Gasteiger partial charge < -0.3 is 0 Å². The molecule has 0 aliphatic heterocycles. The van der Waals surface area contributed by atoms with Gasteiger partial charge in [0, 0.05) is 27.6 Å². The number of fused-ring (bicyclic) bond motifs is 3. The summed E-state index contributed by atoms with van der Waals surface area (Å²) in [5.41, 5.74) is 17.1. The minimum atomic E-state index is 0.679. The number of nitrogens with zero attached hydrogens (tertiary/aromatic N) is 3. The molecule has 2 heterocycles. The molecule has 9 aromatic carbocycles. The smallest absolute Gasteiger partial charge is 0.160 e. The summed E-state index contributed by atoms with van der Waals surface area (Å²) in [7, 11) is 0. The minimum absolute atomic E-state index is 0.679. The summed E-state index contributed by atoms with van der Waals surface area (Å²) in [5, 5.41) is 3.48. The molecule has 11 aromatic rings. The zero-order valence-corrected chi connectivity index (χ0v) is 33.9. The molecule has 0 unspecified atom stereocenters. The standard InChI is InChI=1S/C59H39N3/c1-5-14-40(15-6-1)42-24-28-46(29-25-42)56-39-57(47-30-26-43(27-31-47)41-16-7-2-8-17-41)62-59(61-56)51-23-13-22-48(37-51)49-32-34-52-50(36-49)33-35-54-58(52)53(44-18-9-3-10-19-44)38-55(60-54)45-20-11-4-12-21-45/h1-39H. The summed E-state index contributed by atoms with van der Waals surface area (Å²) in [5.74, 6) is 0.679. The molecular weight excluding hydrogens is 751 g/mol. The van der Waals surface area contributed by atoms with E-state index in [9.17, 15) is 0 Å². The van der Waals surface area contributed by atoms with Crippen LogP contribution in [0, 0.1) is 0 Å². The molecule has 0 aliphatic carbocycles. The fraction of sp³-hybridized carbons (Fsp3) is 0. The summed E-state index contributed by atoms with van der Waals surface area (Å²) in [6.45, 7) is 0. The molecule has 0 bridgehead atoms. The van der Waals surface area contributed by atoms with E-state index in [1.807, 2.05) is 18.2 Å². The molecule has 3 heteroatoms. The van der Waals surface area contributed by atoms with Crippen molar-refractivity contribution in [1.82, 2.24) is 15.0 Å². The van der Waals surface area contributed by atoms with Crippen LogP contribution in [0.5, 0.6) is 0 Å². The predicted octanol–water partition coefficient (Wildman–Crippen LogP) is 15.5. The third kappa shape index (κ3) is 7.23. The monoisotopic (exact) mass is 789 g/mol. The molecule has 2 aromatic heterocycles. The highest BCUT2D eigenvalue weighted by Crippen LogP contribution is 2.39. The Morgan fingerprint density at radius 1 is 0.242 bits per heavy atom. The van der Waals surface area contributed by atoms with Gasteiger partial charge in [-0.3, -0.25) is 0 Å². The van der Waals surface area contributed by atoms with Crippen LogP contribution in [0.25, 0.3) is 111 Å². The van der Waals surface area contributed by atoms with Gasteiger partial charge in [-0.05, 0) is 85.6 Å². The molecule has 0 amide bonds. The Hall–Kier alpha value is -8.27. The molecule has 0 atom stereocenters. The van der Waals surface area contributed by atoms with Crippen LogP contribution in [0.15, 0.2) is 237 Å². The minimum Gasteiger partial charge on any atom is -0.248 e. The largest absolute Gasteiger partial charge is 0.248 e. The Labute approximate surface area is 361 Å². The molecule has 290 valence electrons. The maximum Gasteiger partial charge on any atom is 0.160 e. The maximum absolute atomic E-state index is 5.24. The van der Waals surface area contributed by atoms with Gasteiger partial charge in [-0.25, -0.2) is 15.0 Å². The fourth-order valence-corrected chi connectivity index (χ4v) is 8.49.